The number of aromatic hydroxyl groups is 1. The number of nitrogens with zero attached hydrogens (tertiary/aromatic N) is 1. The molecule has 1 rings (SSSR count). The van der Waals surface area contributed by atoms with Gasteiger partial charge in [0.2, 0.25) is 0 Å². The summed E-state index contributed by atoms with van der Waals surface area (Å²) in [6.07, 6.45) is 2.02. The summed E-state index contributed by atoms with van der Waals surface area (Å²) in [5, 5.41) is 10.9. The predicted molar refractivity (Wildman–Crippen MR) is 92.1 cm³/mol. The van der Waals surface area contributed by atoms with Crippen LogP contribution in [-0.2, 0) is 17.4 Å². The van der Waals surface area contributed by atoms with Crippen LogP contribution in [0.5, 0.6) is 5.75 Å². The number of rotatable bonds is 6. The van der Waals surface area contributed by atoms with Crippen molar-refractivity contribution in [2.75, 3.05) is 14.1 Å². The Kier molecular flexibility index (Phi) is 5.49. The molecule has 0 radical (unpaired) electrons. The van der Waals surface area contributed by atoms with Gasteiger partial charge < -0.3 is 10.0 Å². The molecule has 0 aromatic heterocycles. The second-order valence-electron chi connectivity index (χ2n) is 7.75. The fraction of sp³-hybridized carbons (Fsp3) is 0.684. The maximum absolute atomic E-state index is 10.9. The van der Waals surface area contributed by atoms with E-state index < -0.39 is 0 Å². The van der Waals surface area contributed by atoms with Crippen molar-refractivity contribution < 1.29 is 5.11 Å². The molecule has 0 unspecified atom stereocenters. The van der Waals surface area contributed by atoms with Crippen molar-refractivity contribution in [2.45, 2.75) is 71.8 Å². The van der Waals surface area contributed by atoms with Crippen molar-refractivity contribution in [3.63, 3.8) is 0 Å². The SMILES string of the molecule is CCC(C)(C)c1cc(CN(C)C)cc(C(C)(C)CC)c1O. The van der Waals surface area contributed by atoms with E-state index in [0.717, 1.165) is 30.5 Å². The summed E-state index contributed by atoms with van der Waals surface area (Å²) in [7, 11) is 4.17. The molecule has 0 fully saturated rings. The highest BCUT2D eigenvalue weighted by Gasteiger charge is 2.29. The first kappa shape index (κ1) is 18.0. The van der Waals surface area contributed by atoms with E-state index in [1.54, 1.807) is 0 Å². The van der Waals surface area contributed by atoms with E-state index >= 15 is 0 Å². The molecule has 0 spiro atoms. The average Bonchev–Trinajstić information content (AvgIpc) is 2.39. The molecular formula is C19H33NO. The third-order valence-electron chi connectivity index (χ3n) is 4.89. The number of phenols is 1. The van der Waals surface area contributed by atoms with Crippen molar-refractivity contribution in [2.24, 2.45) is 0 Å². The normalized spacial score (nSPS) is 13.0. The number of hydrogen-bond acceptors (Lipinski definition) is 2. The van der Waals surface area contributed by atoms with Crippen LogP contribution in [-0.4, -0.2) is 24.1 Å². The zero-order chi connectivity index (χ0) is 16.4. The Balaban J connectivity index is 3.54. The Morgan fingerprint density at radius 1 is 0.905 bits per heavy atom. The third-order valence-corrected chi connectivity index (χ3v) is 4.89. The van der Waals surface area contributed by atoms with Crippen LogP contribution < -0.4 is 0 Å². The molecule has 2 nitrogen and oxygen atoms in total. The molecule has 0 aliphatic carbocycles. The lowest BCUT2D eigenvalue weighted by Gasteiger charge is -2.31. The number of hydrogen-bond donors (Lipinski definition) is 1. The summed E-state index contributed by atoms with van der Waals surface area (Å²) in [4.78, 5) is 2.18. The van der Waals surface area contributed by atoms with Crippen LogP contribution in [0, 0.1) is 0 Å². The van der Waals surface area contributed by atoms with E-state index in [-0.39, 0.29) is 10.8 Å². The molecule has 1 aromatic carbocycles. The zero-order valence-electron chi connectivity index (χ0n) is 15.2. The second-order valence-corrected chi connectivity index (χ2v) is 7.75. The molecule has 0 aliphatic heterocycles. The van der Waals surface area contributed by atoms with Crippen molar-refractivity contribution in [1.29, 1.82) is 0 Å². The standard InChI is InChI=1S/C19H33NO/c1-9-18(3,4)15-11-14(13-20(7)8)12-16(17(15)21)19(5,6)10-2/h11-12,21H,9-10,13H2,1-8H3. The van der Waals surface area contributed by atoms with Gasteiger partial charge in [0, 0.05) is 17.7 Å². The average molecular weight is 291 g/mol. The minimum atomic E-state index is -0.00895. The van der Waals surface area contributed by atoms with Gasteiger partial charge in [0.15, 0.2) is 0 Å². The molecule has 0 bridgehead atoms. The lowest BCUT2D eigenvalue weighted by atomic mass is 9.75. The Morgan fingerprint density at radius 3 is 1.57 bits per heavy atom. The fourth-order valence-electron chi connectivity index (χ4n) is 2.56. The van der Waals surface area contributed by atoms with E-state index in [0.29, 0.717) is 5.75 Å². The van der Waals surface area contributed by atoms with Gasteiger partial charge in [0.05, 0.1) is 0 Å². The Labute approximate surface area is 131 Å². The second kappa shape index (κ2) is 6.39. The Bertz CT molecular complexity index is 449. The minimum Gasteiger partial charge on any atom is -0.507 e. The molecule has 1 N–H and O–H groups in total. The van der Waals surface area contributed by atoms with Gasteiger partial charge in [-0.2, -0.15) is 0 Å². The first-order valence-corrected chi connectivity index (χ1v) is 8.06. The number of phenolic OH excluding ortho intramolecular Hbond substituents is 1. The van der Waals surface area contributed by atoms with Crippen molar-refractivity contribution in [3.05, 3.63) is 28.8 Å². The summed E-state index contributed by atoms with van der Waals surface area (Å²) in [5.41, 5.74) is 3.43. The molecule has 0 saturated carbocycles. The van der Waals surface area contributed by atoms with Gasteiger partial charge in [0.25, 0.3) is 0 Å². The summed E-state index contributed by atoms with van der Waals surface area (Å²) in [6, 6.07) is 4.38. The van der Waals surface area contributed by atoms with E-state index in [1.165, 1.54) is 5.56 Å². The molecular weight excluding hydrogens is 258 g/mol. The summed E-state index contributed by atoms with van der Waals surface area (Å²) >= 11 is 0. The molecule has 1 aromatic rings. The smallest absolute Gasteiger partial charge is 0.123 e. The first-order valence-electron chi connectivity index (χ1n) is 8.06. The number of benzene rings is 1. The maximum atomic E-state index is 10.9. The van der Waals surface area contributed by atoms with Gasteiger partial charge in [0.1, 0.15) is 5.75 Å². The van der Waals surface area contributed by atoms with Crippen LogP contribution in [0.15, 0.2) is 12.1 Å². The molecule has 21 heavy (non-hydrogen) atoms. The monoisotopic (exact) mass is 291 g/mol. The van der Waals surface area contributed by atoms with Crippen LogP contribution in [0.25, 0.3) is 0 Å². The minimum absolute atomic E-state index is 0.00895. The van der Waals surface area contributed by atoms with Gasteiger partial charge in [-0.1, -0.05) is 53.7 Å². The summed E-state index contributed by atoms with van der Waals surface area (Å²) < 4.78 is 0. The van der Waals surface area contributed by atoms with Crippen LogP contribution in [0.2, 0.25) is 0 Å². The van der Waals surface area contributed by atoms with E-state index in [4.69, 9.17) is 0 Å². The molecule has 0 amide bonds. The van der Waals surface area contributed by atoms with Gasteiger partial charge in [-0.25, -0.2) is 0 Å². The van der Waals surface area contributed by atoms with Gasteiger partial charge in [-0.15, -0.1) is 0 Å². The van der Waals surface area contributed by atoms with Gasteiger partial charge in [-0.3, -0.25) is 0 Å². The zero-order valence-corrected chi connectivity index (χ0v) is 15.2. The van der Waals surface area contributed by atoms with Gasteiger partial charge >= 0.3 is 0 Å². The molecule has 0 atom stereocenters. The molecule has 0 saturated heterocycles. The highest BCUT2D eigenvalue weighted by molar-refractivity contribution is 5.50. The van der Waals surface area contributed by atoms with Crippen LogP contribution in [0.1, 0.15) is 71.1 Å². The predicted octanol–water partition coefficient (Wildman–Crippen LogP) is 4.83. The topological polar surface area (TPSA) is 23.5 Å². The summed E-state index contributed by atoms with van der Waals surface area (Å²) in [5.74, 6) is 0.496. The van der Waals surface area contributed by atoms with Crippen LogP contribution in [0.4, 0.5) is 0 Å². The lowest BCUT2D eigenvalue weighted by molar-refractivity contribution is 0.387. The Hall–Kier alpha value is -1.02. The molecule has 120 valence electrons. The molecule has 2 heteroatoms. The molecule has 0 heterocycles. The maximum Gasteiger partial charge on any atom is 0.123 e. The van der Waals surface area contributed by atoms with Crippen LogP contribution >= 0.6 is 0 Å². The van der Waals surface area contributed by atoms with E-state index in [2.05, 4.69) is 72.7 Å². The Morgan fingerprint density at radius 2 is 1.29 bits per heavy atom. The fourth-order valence-corrected chi connectivity index (χ4v) is 2.56. The van der Waals surface area contributed by atoms with E-state index in [1.807, 2.05) is 0 Å². The van der Waals surface area contributed by atoms with Gasteiger partial charge in [-0.05, 0) is 43.3 Å². The quantitative estimate of drug-likeness (QED) is 0.811. The first-order chi connectivity index (χ1) is 9.55. The van der Waals surface area contributed by atoms with Crippen LogP contribution in [0.3, 0.4) is 0 Å². The highest BCUT2D eigenvalue weighted by Crippen LogP contribution is 2.42. The highest BCUT2D eigenvalue weighted by atomic mass is 16.3. The van der Waals surface area contributed by atoms with Crippen molar-refractivity contribution >= 4 is 0 Å². The summed E-state index contributed by atoms with van der Waals surface area (Å²) in [6.45, 7) is 14.1. The van der Waals surface area contributed by atoms with Crippen molar-refractivity contribution in [1.82, 2.24) is 4.90 Å². The lowest BCUT2D eigenvalue weighted by Crippen LogP contribution is -2.22. The molecule has 0 aliphatic rings. The third kappa shape index (κ3) is 4.00. The largest absolute Gasteiger partial charge is 0.507 e. The van der Waals surface area contributed by atoms with E-state index in [9.17, 15) is 5.11 Å². The van der Waals surface area contributed by atoms with Crippen molar-refractivity contribution in [3.8, 4) is 5.75 Å².